The van der Waals surface area contributed by atoms with E-state index in [0.29, 0.717) is 12.1 Å². The third-order valence-corrected chi connectivity index (χ3v) is 5.79. The molecule has 0 radical (unpaired) electrons. The zero-order valence-electron chi connectivity index (χ0n) is 15.2. The van der Waals surface area contributed by atoms with Crippen LogP contribution in [0.5, 0.6) is 0 Å². The molecule has 22 heavy (non-hydrogen) atoms. The van der Waals surface area contributed by atoms with Crippen LogP contribution < -0.4 is 0 Å². The van der Waals surface area contributed by atoms with E-state index >= 15 is 0 Å². The summed E-state index contributed by atoms with van der Waals surface area (Å²) in [6, 6.07) is 3.53. The Balaban J connectivity index is 2.11. The highest BCUT2D eigenvalue weighted by Crippen LogP contribution is 2.30. The molecule has 0 aromatic heterocycles. The number of hydrogen-bond acceptors (Lipinski definition) is 2. The largest absolute Gasteiger partial charge is 0.388 e. The van der Waals surface area contributed by atoms with Crippen LogP contribution in [0, 0.1) is 27.7 Å². The van der Waals surface area contributed by atoms with Gasteiger partial charge < -0.3 is 5.11 Å². The summed E-state index contributed by atoms with van der Waals surface area (Å²) >= 11 is 0. The summed E-state index contributed by atoms with van der Waals surface area (Å²) in [5.74, 6) is 0. The molecule has 0 aliphatic carbocycles. The van der Waals surface area contributed by atoms with Gasteiger partial charge in [0.2, 0.25) is 0 Å². The summed E-state index contributed by atoms with van der Waals surface area (Å²) < 4.78 is 0. The van der Waals surface area contributed by atoms with E-state index in [9.17, 15) is 5.11 Å². The van der Waals surface area contributed by atoms with Crippen molar-refractivity contribution in [2.75, 3.05) is 6.54 Å². The van der Waals surface area contributed by atoms with Crippen LogP contribution in [0.1, 0.15) is 73.5 Å². The highest BCUT2D eigenvalue weighted by molar-refractivity contribution is 5.45. The van der Waals surface area contributed by atoms with Crippen LogP contribution in [0.2, 0.25) is 0 Å². The van der Waals surface area contributed by atoms with Gasteiger partial charge in [0, 0.05) is 18.6 Å². The second-order valence-electron chi connectivity index (χ2n) is 7.35. The van der Waals surface area contributed by atoms with Crippen molar-refractivity contribution in [2.24, 2.45) is 0 Å². The minimum absolute atomic E-state index is 0.347. The lowest BCUT2D eigenvalue weighted by Crippen LogP contribution is -2.44. The van der Waals surface area contributed by atoms with Crippen LogP contribution in [0.3, 0.4) is 0 Å². The Kier molecular flexibility index (Phi) is 5.68. The average Bonchev–Trinajstić information content (AvgIpc) is 2.45. The van der Waals surface area contributed by atoms with Crippen molar-refractivity contribution in [3.63, 3.8) is 0 Å². The van der Waals surface area contributed by atoms with Gasteiger partial charge >= 0.3 is 0 Å². The molecule has 1 aliphatic rings. The number of aliphatic hydroxyl groups is 1. The summed E-state index contributed by atoms with van der Waals surface area (Å²) in [5, 5.41) is 10.8. The molecule has 0 amide bonds. The molecule has 2 rings (SSSR count). The topological polar surface area (TPSA) is 23.5 Å². The first-order chi connectivity index (χ1) is 10.3. The number of nitrogens with zero attached hydrogens (tertiary/aromatic N) is 1. The first-order valence-corrected chi connectivity index (χ1v) is 8.84. The SMILES string of the molecule is Cc1cc(C)c(C)c(C(O)CCN2C(C)CCCC2C)c1C. The number of piperidine rings is 1. The summed E-state index contributed by atoms with van der Waals surface area (Å²) in [6.45, 7) is 14.2. The Morgan fingerprint density at radius 2 is 1.55 bits per heavy atom. The zero-order valence-corrected chi connectivity index (χ0v) is 15.2. The smallest absolute Gasteiger partial charge is 0.0807 e. The fraction of sp³-hybridized carbons (Fsp3) is 0.700. The van der Waals surface area contributed by atoms with Gasteiger partial charge in [0.25, 0.3) is 0 Å². The summed E-state index contributed by atoms with van der Waals surface area (Å²) in [4.78, 5) is 2.58. The third-order valence-electron chi connectivity index (χ3n) is 5.79. The monoisotopic (exact) mass is 303 g/mol. The maximum Gasteiger partial charge on any atom is 0.0807 e. The lowest BCUT2D eigenvalue weighted by Gasteiger charge is -2.39. The fourth-order valence-electron chi connectivity index (χ4n) is 4.08. The molecule has 1 N–H and O–H groups in total. The van der Waals surface area contributed by atoms with Crippen LogP contribution >= 0.6 is 0 Å². The number of aryl methyl sites for hydroxylation is 2. The number of rotatable bonds is 4. The minimum atomic E-state index is -0.347. The first kappa shape index (κ1) is 17.5. The Bertz CT molecular complexity index is 487. The van der Waals surface area contributed by atoms with Crippen molar-refractivity contribution in [3.05, 3.63) is 33.9 Å². The van der Waals surface area contributed by atoms with Crippen LogP contribution in [0.25, 0.3) is 0 Å². The maximum atomic E-state index is 10.8. The van der Waals surface area contributed by atoms with Gasteiger partial charge in [-0.25, -0.2) is 0 Å². The Labute approximate surface area is 136 Å². The zero-order chi connectivity index (χ0) is 16.4. The molecule has 1 heterocycles. The molecule has 2 heteroatoms. The lowest BCUT2D eigenvalue weighted by molar-refractivity contribution is 0.0745. The molecule has 124 valence electrons. The van der Waals surface area contributed by atoms with Gasteiger partial charge in [-0.2, -0.15) is 0 Å². The fourth-order valence-corrected chi connectivity index (χ4v) is 4.08. The van der Waals surface area contributed by atoms with Crippen molar-refractivity contribution >= 4 is 0 Å². The summed E-state index contributed by atoms with van der Waals surface area (Å²) in [7, 11) is 0. The molecule has 3 atom stereocenters. The van der Waals surface area contributed by atoms with Crippen LogP contribution in [-0.2, 0) is 0 Å². The van der Waals surface area contributed by atoms with Gasteiger partial charge in [0.1, 0.15) is 0 Å². The van der Waals surface area contributed by atoms with Crippen LogP contribution in [-0.4, -0.2) is 28.6 Å². The molecular weight excluding hydrogens is 270 g/mol. The molecule has 3 unspecified atom stereocenters. The molecule has 2 nitrogen and oxygen atoms in total. The van der Waals surface area contributed by atoms with E-state index in [4.69, 9.17) is 0 Å². The quantitative estimate of drug-likeness (QED) is 0.878. The number of likely N-dealkylation sites (tertiary alicyclic amines) is 1. The van der Waals surface area contributed by atoms with Gasteiger partial charge in [-0.15, -0.1) is 0 Å². The second kappa shape index (κ2) is 7.14. The Morgan fingerprint density at radius 1 is 1.05 bits per heavy atom. The average molecular weight is 303 g/mol. The van der Waals surface area contributed by atoms with E-state index in [0.717, 1.165) is 18.5 Å². The molecule has 1 aliphatic heterocycles. The Morgan fingerprint density at radius 3 is 2.05 bits per heavy atom. The van der Waals surface area contributed by atoms with Crippen molar-refractivity contribution < 1.29 is 5.11 Å². The standard InChI is InChI=1S/C20H33NO/c1-13-12-14(2)18(6)20(17(13)5)19(22)10-11-21-15(3)8-7-9-16(21)4/h12,15-16,19,22H,7-11H2,1-6H3. The van der Waals surface area contributed by atoms with Crippen molar-refractivity contribution in [3.8, 4) is 0 Å². The first-order valence-electron chi connectivity index (χ1n) is 8.84. The predicted molar refractivity (Wildman–Crippen MR) is 94.4 cm³/mol. The molecule has 1 fully saturated rings. The van der Waals surface area contributed by atoms with Crippen molar-refractivity contribution in [2.45, 2.75) is 85.4 Å². The van der Waals surface area contributed by atoms with Gasteiger partial charge in [-0.3, -0.25) is 4.90 Å². The molecule has 0 spiro atoms. The molecule has 1 saturated heterocycles. The minimum Gasteiger partial charge on any atom is -0.388 e. The highest BCUT2D eigenvalue weighted by Gasteiger charge is 2.25. The second-order valence-corrected chi connectivity index (χ2v) is 7.35. The maximum absolute atomic E-state index is 10.8. The van der Waals surface area contributed by atoms with Crippen LogP contribution in [0.15, 0.2) is 6.07 Å². The molecular formula is C20H33NO. The summed E-state index contributed by atoms with van der Waals surface area (Å²) in [5.41, 5.74) is 6.26. The molecule has 1 aromatic rings. The Hall–Kier alpha value is -0.860. The molecule has 1 aromatic carbocycles. The predicted octanol–water partition coefficient (Wildman–Crippen LogP) is 4.61. The van der Waals surface area contributed by atoms with E-state index < -0.39 is 0 Å². The van der Waals surface area contributed by atoms with Crippen LogP contribution in [0.4, 0.5) is 0 Å². The van der Waals surface area contributed by atoms with Gasteiger partial charge in [0.05, 0.1) is 6.10 Å². The summed E-state index contributed by atoms with van der Waals surface area (Å²) in [6.07, 6.45) is 4.42. The van der Waals surface area contributed by atoms with Gasteiger partial charge in [0.15, 0.2) is 0 Å². The number of hydrogen-bond donors (Lipinski definition) is 1. The van der Waals surface area contributed by atoms with Crippen molar-refractivity contribution in [1.82, 2.24) is 4.90 Å². The number of aliphatic hydroxyl groups excluding tert-OH is 1. The van der Waals surface area contributed by atoms with E-state index in [-0.39, 0.29) is 6.10 Å². The molecule has 0 bridgehead atoms. The van der Waals surface area contributed by atoms with Gasteiger partial charge in [-0.05, 0) is 88.6 Å². The molecule has 0 saturated carbocycles. The van der Waals surface area contributed by atoms with E-state index in [1.54, 1.807) is 0 Å². The number of benzene rings is 1. The van der Waals surface area contributed by atoms with E-state index in [1.807, 2.05) is 0 Å². The lowest BCUT2D eigenvalue weighted by atomic mass is 9.89. The van der Waals surface area contributed by atoms with Gasteiger partial charge in [-0.1, -0.05) is 12.5 Å². The third kappa shape index (κ3) is 3.55. The normalized spacial score (nSPS) is 24.5. The van der Waals surface area contributed by atoms with Crippen molar-refractivity contribution in [1.29, 1.82) is 0 Å². The van der Waals surface area contributed by atoms with E-state index in [1.165, 1.54) is 41.5 Å². The van der Waals surface area contributed by atoms with E-state index in [2.05, 4.69) is 52.5 Å². The highest BCUT2D eigenvalue weighted by atomic mass is 16.3.